The molecule has 1 aliphatic carbocycles. The number of carboxylic acid groups (broad SMARTS) is 1. The number of rotatable bonds is 3. The molecule has 1 N–H and O–H groups in total. The van der Waals surface area contributed by atoms with Crippen molar-refractivity contribution in [1.29, 1.82) is 0 Å². The van der Waals surface area contributed by atoms with E-state index in [2.05, 4.69) is 0 Å². The average Bonchev–Trinajstić information content (AvgIpc) is 3.08. The van der Waals surface area contributed by atoms with Crippen LogP contribution in [0.25, 0.3) is 11.3 Å². The number of aromatic nitrogens is 1. The molecule has 0 spiro atoms. The first-order valence-corrected chi connectivity index (χ1v) is 6.73. The van der Waals surface area contributed by atoms with E-state index in [9.17, 15) is 9.90 Å². The van der Waals surface area contributed by atoms with Crippen molar-refractivity contribution in [3.05, 3.63) is 46.1 Å². The van der Waals surface area contributed by atoms with E-state index < -0.39 is 5.97 Å². The summed E-state index contributed by atoms with van der Waals surface area (Å²) in [6, 6.07) is 8.95. The molecule has 1 heterocycles. The summed E-state index contributed by atoms with van der Waals surface area (Å²) in [5.41, 5.74) is 1.95. The molecule has 0 saturated heterocycles. The highest BCUT2D eigenvalue weighted by Crippen LogP contribution is 2.42. The van der Waals surface area contributed by atoms with E-state index in [4.69, 9.17) is 23.2 Å². The van der Waals surface area contributed by atoms with Crippen LogP contribution in [0.3, 0.4) is 0 Å². The summed E-state index contributed by atoms with van der Waals surface area (Å²) in [7, 11) is 0. The van der Waals surface area contributed by atoms with Crippen LogP contribution in [0.15, 0.2) is 30.3 Å². The van der Waals surface area contributed by atoms with E-state index in [1.807, 2.05) is 10.6 Å². The fraction of sp³-hybridized carbons (Fsp3) is 0.214. The molecule has 1 aromatic carbocycles. The van der Waals surface area contributed by atoms with Gasteiger partial charge in [-0.05, 0) is 43.2 Å². The Morgan fingerprint density at radius 1 is 1.21 bits per heavy atom. The molecule has 0 atom stereocenters. The van der Waals surface area contributed by atoms with E-state index in [0.29, 0.717) is 15.7 Å². The molecule has 1 fully saturated rings. The maximum absolute atomic E-state index is 11.3. The number of carbonyl (C=O) groups is 1. The van der Waals surface area contributed by atoms with Crippen molar-refractivity contribution < 1.29 is 9.90 Å². The molecule has 0 aliphatic heterocycles. The van der Waals surface area contributed by atoms with Gasteiger partial charge in [0, 0.05) is 16.6 Å². The highest BCUT2D eigenvalue weighted by molar-refractivity contribution is 6.36. The third-order valence-corrected chi connectivity index (χ3v) is 3.80. The fourth-order valence-electron chi connectivity index (χ4n) is 2.27. The first-order chi connectivity index (χ1) is 9.08. The maximum Gasteiger partial charge on any atom is 0.352 e. The number of nitrogens with zero attached hydrogens (tertiary/aromatic N) is 1. The second kappa shape index (κ2) is 4.58. The van der Waals surface area contributed by atoms with Gasteiger partial charge in [0.05, 0.1) is 10.7 Å². The van der Waals surface area contributed by atoms with Crippen molar-refractivity contribution in [2.45, 2.75) is 18.9 Å². The lowest BCUT2D eigenvalue weighted by molar-refractivity contribution is 0.0685. The van der Waals surface area contributed by atoms with Crippen LogP contribution in [0.5, 0.6) is 0 Å². The molecule has 0 unspecified atom stereocenters. The summed E-state index contributed by atoms with van der Waals surface area (Å²) in [5.74, 6) is -0.914. The zero-order valence-corrected chi connectivity index (χ0v) is 11.4. The van der Waals surface area contributed by atoms with Gasteiger partial charge in [-0.1, -0.05) is 23.2 Å². The van der Waals surface area contributed by atoms with E-state index in [0.717, 1.165) is 24.1 Å². The minimum Gasteiger partial charge on any atom is -0.477 e. The fourth-order valence-corrected chi connectivity index (χ4v) is 2.77. The molecule has 1 saturated carbocycles. The molecule has 2 aromatic rings. The van der Waals surface area contributed by atoms with Gasteiger partial charge < -0.3 is 9.67 Å². The predicted octanol–water partition coefficient (Wildman–Crippen LogP) is 4.50. The number of aromatic carboxylic acids is 1. The van der Waals surface area contributed by atoms with Gasteiger partial charge in [0.2, 0.25) is 0 Å². The summed E-state index contributed by atoms with van der Waals surface area (Å²) in [4.78, 5) is 11.3. The topological polar surface area (TPSA) is 42.2 Å². The zero-order valence-electron chi connectivity index (χ0n) is 9.94. The first-order valence-electron chi connectivity index (χ1n) is 5.98. The standard InChI is InChI=1S/C14H11Cl2NO2/c15-8-1-4-10(11(16)7-8)12-5-6-13(14(18)19)17(12)9-2-3-9/h1,4-7,9H,2-3H2,(H,18,19). The summed E-state index contributed by atoms with van der Waals surface area (Å²) in [5, 5.41) is 10.3. The highest BCUT2D eigenvalue weighted by atomic mass is 35.5. The summed E-state index contributed by atoms with van der Waals surface area (Å²) >= 11 is 12.1. The Labute approximate surface area is 120 Å². The molecule has 1 aromatic heterocycles. The first kappa shape index (κ1) is 12.6. The summed E-state index contributed by atoms with van der Waals surface area (Å²) in [6.07, 6.45) is 2.01. The second-order valence-corrected chi connectivity index (χ2v) is 5.48. The van der Waals surface area contributed by atoms with E-state index in [1.54, 1.807) is 24.3 Å². The lowest BCUT2D eigenvalue weighted by atomic mass is 10.1. The van der Waals surface area contributed by atoms with E-state index in [-0.39, 0.29) is 6.04 Å². The van der Waals surface area contributed by atoms with Crippen LogP contribution in [0.2, 0.25) is 10.0 Å². The Bertz CT molecular complexity index is 659. The summed E-state index contributed by atoms with van der Waals surface area (Å²) in [6.45, 7) is 0. The van der Waals surface area contributed by atoms with E-state index in [1.165, 1.54) is 0 Å². The molecule has 0 radical (unpaired) electrons. The Kier molecular flexibility index (Phi) is 3.03. The SMILES string of the molecule is O=C(O)c1ccc(-c2ccc(Cl)cc2Cl)n1C1CC1. The van der Waals surface area contributed by atoms with Gasteiger partial charge in [-0.25, -0.2) is 4.79 Å². The van der Waals surface area contributed by atoms with Crippen molar-refractivity contribution in [3.63, 3.8) is 0 Å². The lowest BCUT2D eigenvalue weighted by Crippen LogP contribution is -2.08. The molecular weight excluding hydrogens is 285 g/mol. The van der Waals surface area contributed by atoms with Gasteiger partial charge in [-0.15, -0.1) is 0 Å². The largest absolute Gasteiger partial charge is 0.477 e. The molecule has 1 aliphatic rings. The predicted molar refractivity (Wildman–Crippen MR) is 75.1 cm³/mol. The van der Waals surface area contributed by atoms with Gasteiger partial charge in [0.25, 0.3) is 0 Å². The normalized spacial score (nSPS) is 14.6. The minimum absolute atomic E-state index is 0.267. The Balaban J connectivity index is 2.17. The van der Waals surface area contributed by atoms with Gasteiger partial charge in [-0.3, -0.25) is 0 Å². The number of hydrogen-bond donors (Lipinski definition) is 1. The molecule has 3 rings (SSSR count). The Morgan fingerprint density at radius 3 is 2.53 bits per heavy atom. The average molecular weight is 296 g/mol. The van der Waals surface area contributed by atoms with Crippen molar-refractivity contribution in [2.24, 2.45) is 0 Å². The number of carboxylic acids is 1. The third kappa shape index (κ3) is 2.24. The minimum atomic E-state index is -0.914. The molecule has 5 heteroatoms. The number of hydrogen-bond acceptors (Lipinski definition) is 1. The van der Waals surface area contributed by atoms with Gasteiger partial charge in [-0.2, -0.15) is 0 Å². The highest BCUT2D eigenvalue weighted by Gasteiger charge is 2.30. The molecular formula is C14H11Cl2NO2. The summed E-state index contributed by atoms with van der Waals surface area (Å²) < 4.78 is 1.86. The Hall–Kier alpha value is -1.45. The van der Waals surface area contributed by atoms with Crippen LogP contribution >= 0.6 is 23.2 Å². The number of halogens is 2. The lowest BCUT2D eigenvalue weighted by Gasteiger charge is -2.12. The molecule has 0 bridgehead atoms. The van der Waals surface area contributed by atoms with Gasteiger partial charge in [0.1, 0.15) is 5.69 Å². The van der Waals surface area contributed by atoms with E-state index >= 15 is 0 Å². The third-order valence-electron chi connectivity index (χ3n) is 3.26. The van der Waals surface area contributed by atoms with Crippen molar-refractivity contribution >= 4 is 29.2 Å². The van der Waals surface area contributed by atoms with Crippen molar-refractivity contribution in [1.82, 2.24) is 4.57 Å². The van der Waals surface area contributed by atoms with Crippen LogP contribution in [-0.4, -0.2) is 15.6 Å². The van der Waals surface area contributed by atoms with Gasteiger partial charge >= 0.3 is 5.97 Å². The van der Waals surface area contributed by atoms with Crippen molar-refractivity contribution in [2.75, 3.05) is 0 Å². The number of benzene rings is 1. The van der Waals surface area contributed by atoms with Gasteiger partial charge in [0.15, 0.2) is 0 Å². The smallest absolute Gasteiger partial charge is 0.352 e. The van der Waals surface area contributed by atoms with Crippen LogP contribution in [0.4, 0.5) is 0 Å². The molecule has 98 valence electrons. The van der Waals surface area contributed by atoms with Crippen LogP contribution in [0.1, 0.15) is 29.4 Å². The Morgan fingerprint density at radius 2 is 1.95 bits per heavy atom. The molecule has 3 nitrogen and oxygen atoms in total. The zero-order chi connectivity index (χ0) is 13.6. The monoisotopic (exact) mass is 295 g/mol. The quantitative estimate of drug-likeness (QED) is 0.906. The van der Waals surface area contributed by atoms with Crippen molar-refractivity contribution in [3.8, 4) is 11.3 Å². The second-order valence-electron chi connectivity index (χ2n) is 4.63. The molecule has 0 amide bonds. The molecule has 19 heavy (non-hydrogen) atoms. The maximum atomic E-state index is 11.3. The van der Waals surface area contributed by atoms with Crippen LogP contribution in [-0.2, 0) is 0 Å². The van der Waals surface area contributed by atoms with Crippen LogP contribution in [0, 0.1) is 0 Å². The van der Waals surface area contributed by atoms with Crippen LogP contribution < -0.4 is 0 Å².